The first-order valence-corrected chi connectivity index (χ1v) is 5.19. The van der Waals surface area contributed by atoms with Gasteiger partial charge in [0.2, 0.25) is 0 Å². The summed E-state index contributed by atoms with van der Waals surface area (Å²) in [6, 6.07) is 0. The Labute approximate surface area is 74.5 Å². The summed E-state index contributed by atoms with van der Waals surface area (Å²) in [4.78, 5) is 0. The van der Waals surface area contributed by atoms with Crippen LogP contribution in [0.4, 0.5) is 0 Å². The van der Waals surface area contributed by atoms with Gasteiger partial charge in [0, 0.05) is 13.2 Å². The molecule has 0 amide bonds. The highest BCUT2D eigenvalue weighted by Gasteiger charge is 2.33. The number of nitrogens with two attached hydrogens (primary N) is 1. The fourth-order valence-corrected chi connectivity index (χ4v) is 2.53. The Bertz CT molecular complexity index is 139. The Morgan fingerprint density at radius 3 is 2.50 bits per heavy atom. The van der Waals surface area contributed by atoms with Gasteiger partial charge in [0.1, 0.15) is 0 Å². The number of hydrogen-bond donors (Lipinski definition) is 1. The van der Waals surface area contributed by atoms with Crippen molar-refractivity contribution in [3.05, 3.63) is 0 Å². The summed E-state index contributed by atoms with van der Waals surface area (Å²) in [6.45, 7) is 2.81. The second-order valence-corrected chi connectivity index (χ2v) is 4.21. The second-order valence-electron chi connectivity index (χ2n) is 4.21. The molecule has 0 radical (unpaired) electrons. The lowest BCUT2D eigenvalue weighted by Gasteiger charge is -2.36. The summed E-state index contributed by atoms with van der Waals surface area (Å²) >= 11 is 0. The van der Waals surface area contributed by atoms with E-state index in [-0.39, 0.29) is 0 Å². The first-order chi connectivity index (χ1) is 5.92. The predicted octanol–water partition coefficient (Wildman–Crippen LogP) is 1.40. The zero-order chi connectivity index (χ0) is 8.39. The van der Waals surface area contributed by atoms with Gasteiger partial charge in [-0.25, -0.2) is 0 Å². The van der Waals surface area contributed by atoms with Crippen LogP contribution in [0.3, 0.4) is 0 Å². The van der Waals surface area contributed by atoms with E-state index in [9.17, 15) is 0 Å². The maximum Gasteiger partial charge on any atom is 0.0498 e. The molecular weight excluding hydrogens is 150 g/mol. The van der Waals surface area contributed by atoms with E-state index in [4.69, 9.17) is 10.5 Å². The average molecular weight is 169 g/mol. The quantitative estimate of drug-likeness (QED) is 0.693. The normalized spacial score (nSPS) is 33.2. The molecule has 1 saturated heterocycles. The molecule has 1 aliphatic carbocycles. The number of ether oxygens (including phenoxy) is 1. The predicted molar refractivity (Wildman–Crippen MR) is 48.8 cm³/mol. The van der Waals surface area contributed by atoms with Crippen LogP contribution in [0.15, 0.2) is 0 Å². The Hall–Kier alpha value is -0.0800. The van der Waals surface area contributed by atoms with Crippen molar-refractivity contribution in [3.63, 3.8) is 0 Å². The molecule has 1 saturated carbocycles. The van der Waals surface area contributed by atoms with Crippen LogP contribution in [0.2, 0.25) is 0 Å². The third-order valence-electron chi connectivity index (χ3n) is 3.60. The smallest absolute Gasteiger partial charge is 0.0498 e. The molecular formula is C10H19NO. The SMILES string of the molecule is NCC(C1CCC1)C1CCOC1. The Balaban J connectivity index is 1.87. The van der Waals surface area contributed by atoms with E-state index in [1.165, 1.54) is 25.7 Å². The molecule has 2 nitrogen and oxygen atoms in total. The zero-order valence-corrected chi connectivity index (χ0v) is 7.67. The summed E-state index contributed by atoms with van der Waals surface area (Å²) in [5.41, 5.74) is 5.81. The van der Waals surface area contributed by atoms with Crippen molar-refractivity contribution in [3.8, 4) is 0 Å². The molecule has 12 heavy (non-hydrogen) atoms. The van der Waals surface area contributed by atoms with Gasteiger partial charge in [-0.2, -0.15) is 0 Å². The van der Waals surface area contributed by atoms with E-state index in [0.717, 1.165) is 37.5 Å². The molecule has 0 aromatic rings. The summed E-state index contributed by atoms with van der Waals surface area (Å²) in [5.74, 6) is 2.48. The van der Waals surface area contributed by atoms with Crippen LogP contribution in [0.5, 0.6) is 0 Å². The molecule has 0 bridgehead atoms. The third-order valence-corrected chi connectivity index (χ3v) is 3.60. The number of hydrogen-bond acceptors (Lipinski definition) is 2. The highest BCUT2D eigenvalue weighted by Crippen LogP contribution is 2.39. The average Bonchev–Trinajstić information content (AvgIpc) is 2.47. The maximum atomic E-state index is 5.81. The molecule has 0 aromatic heterocycles. The molecule has 2 atom stereocenters. The highest BCUT2D eigenvalue weighted by atomic mass is 16.5. The monoisotopic (exact) mass is 169 g/mol. The number of rotatable bonds is 3. The fraction of sp³-hybridized carbons (Fsp3) is 1.00. The van der Waals surface area contributed by atoms with Gasteiger partial charge in [-0.1, -0.05) is 19.3 Å². The van der Waals surface area contributed by atoms with E-state index in [2.05, 4.69) is 0 Å². The van der Waals surface area contributed by atoms with Crippen LogP contribution in [-0.2, 0) is 4.74 Å². The Morgan fingerprint density at radius 1 is 1.25 bits per heavy atom. The van der Waals surface area contributed by atoms with Gasteiger partial charge < -0.3 is 10.5 Å². The van der Waals surface area contributed by atoms with Crippen LogP contribution >= 0.6 is 0 Å². The minimum absolute atomic E-state index is 0.765. The molecule has 70 valence electrons. The molecule has 2 heteroatoms. The van der Waals surface area contributed by atoms with E-state index < -0.39 is 0 Å². The largest absolute Gasteiger partial charge is 0.381 e. The van der Waals surface area contributed by atoms with E-state index in [1.807, 2.05) is 0 Å². The van der Waals surface area contributed by atoms with Gasteiger partial charge in [0.25, 0.3) is 0 Å². The molecule has 2 fully saturated rings. The minimum atomic E-state index is 0.765. The van der Waals surface area contributed by atoms with Gasteiger partial charge in [0.15, 0.2) is 0 Å². The van der Waals surface area contributed by atoms with Crippen molar-refractivity contribution in [2.45, 2.75) is 25.7 Å². The van der Waals surface area contributed by atoms with Gasteiger partial charge in [-0.05, 0) is 30.7 Å². The zero-order valence-electron chi connectivity index (χ0n) is 7.67. The van der Waals surface area contributed by atoms with Gasteiger partial charge in [-0.15, -0.1) is 0 Å². The molecule has 2 aliphatic rings. The van der Waals surface area contributed by atoms with Crippen LogP contribution in [0.1, 0.15) is 25.7 Å². The third kappa shape index (κ3) is 1.50. The van der Waals surface area contributed by atoms with Gasteiger partial charge in [-0.3, -0.25) is 0 Å². The van der Waals surface area contributed by atoms with E-state index in [1.54, 1.807) is 0 Å². The Morgan fingerprint density at radius 2 is 2.08 bits per heavy atom. The van der Waals surface area contributed by atoms with E-state index in [0.29, 0.717) is 0 Å². The molecule has 2 rings (SSSR count). The minimum Gasteiger partial charge on any atom is -0.381 e. The van der Waals surface area contributed by atoms with Crippen molar-refractivity contribution in [1.82, 2.24) is 0 Å². The van der Waals surface area contributed by atoms with Crippen molar-refractivity contribution < 1.29 is 4.74 Å². The molecule has 1 aliphatic heterocycles. The lowest BCUT2D eigenvalue weighted by molar-refractivity contribution is 0.122. The molecule has 2 N–H and O–H groups in total. The van der Waals surface area contributed by atoms with Gasteiger partial charge in [0.05, 0.1) is 0 Å². The van der Waals surface area contributed by atoms with Crippen LogP contribution in [0.25, 0.3) is 0 Å². The first kappa shape index (κ1) is 8.52. The summed E-state index contributed by atoms with van der Waals surface area (Å²) < 4.78 is 5.40. The first-order valence-electron chi connectivity index (χ1n) is 5.19. The van der Waals surface area contributed by atoms with E-state index >= 15 is 0 Å². The maximum absolute atomic E-state index is 5.81. The summed E-state index contributed by atoms with van der Waals surface area (Å²) in [6.07, 6.45) is 5.50. The standard InChI is InChI=1S/C10H19NO/c11-6-10(8-2-1-3-8)9-4-5-12-7-9/h8-10H,1-7,11H2. The Kier molecular flexibility index (Phi) is 2.66. The molecule has 2 unspecified atom stereocenters. The fourth-order valence-electron chi connectivity index (χ4n) is 2.53. The topological polar surface area (TPSA) is 35.2 Å². The summed E-state index contributed by atoms with van der Waals surface area (Å²) in [7, 11) is 0. The lowest BCUT2D eigenvalue weighted by atomic mass is 9.70. The van der Waals surface area contributed by atoms with Crippen LogP contribution < -0.4 is 5.73 Å². The van der Waals surface area contributed by atoms with Crippen LogP contribution in [-0.4, -0.2) is 19.8 Å². The van der Waals surface area contributed by atoms with Crippen molar-refractivity contribution in [1.29, 1.82) is 0 Å². The van der Waals surface area contributed by atoms with Gasteiger partial charge >= 0.3 is 0 Å². The highest BCUT2D eigenvalue weighted by molar-refractivity contribution is 4.84. The van der Waals surface area contributed by atoms with Crippen LogP contribution in [0, 0.1) is 17.8 Å². The van der Waals surface area contributed by atoms with Crippen molar-refractivity contribution in [2.24, 2.45) is 23.5 Å². The van der Waals surface area contributed by atoms with Crippen molar-refractivity contribution in [2.75, 3.05) is 19.8 Å². The molecule has 0 aromatic carbocycles. The summed E-state index contributed by atoms with van der Waals surface area (Å²) in [5, 5.41) is 0. The molecule has 1 heterocycles. The molecule has 0 spiro atoms. The lowest BCUT2D eigenvalue weighted by Crippen LogP contribution is -2.34. The second kappa shape index (κ2) is 3.75. The van der Waals surface area contributed by atoms with Crippen molar-refractivity contribution >= 4 is 0 Å².